The molecule has 0 radical (unpaired) electrons. The number of rotatable bonds is 3. The standard InChI is InChI=1S/C13H21N3/c1-3-12-4-5-14-10-13(12)11-16-8-6-15(2)7-9-16/h4-5,10H,3,6-9,11H2,1-2H3. The Morgan fingerprint density at radius 3 is 2.62 bits per heavy atom. The van der Waals surface area contributed by atoms with Gasteiger partial charge in [0.15, 0.2) is 0 Å². The van der Waals surface area contributed by atoms with Crippen molar-refractivity contribution < 1.29 is 0 Å². The molecule has 0 bridgehead atoms. The van der Waals surface area contributed by atoms with Gasteiger partial charge in [0.25, 0.3) is 0 Å². The Labute approximate surface area is 98.1 Å². The number of pyridine rings is 1. The summed E-state index contributed by atoms with van der Waals surface area (Å²) in [4.78, 5) is 9.15. The van der Waals surface area contributed by atoms with Crippen molar-refractivity contribution in [3.63, 3.8) is 0 Å². The van der Waals surface area contributed by atoms with Crippen LogP contribution in [0.5, 0.6) is 0 Å². The Hall–Kier alpha value is -0.930. The molecule has 0 amide bonds. The molecular weight excluding hydrogens is 198 g/mol. The summed E-state index contributed by atoms with van der Waals surface area (Å²) >= 11 is 0. The maximum Gasteiger partial charge on any atom is 0.0315 e. The van der Waals surface area contributed by atoms with Gasteiger partial charge in [-0.1, -0.05) is 6.92 Å². The number of likely N-dealkylation sites (N-methyl/N-ethyl adjacent to an activating group) is 1. The van der Waals surface area contributed by atoms with Crippen LogP contribution in [0.4, 0.5) is 0 Å². The van der Waals surface area contributed by atoms with Crippen LogP contribution in [0.25, 0.3) is 0 Å². The van der Waals surface area contributed by atoms with Crippen LogP contribution >= 0.6 is 0 Å². The van der Waals surface area contributed by atoms with E-state index < -0.39 is 0 Å². The van der Waals surface area contributed by atoms with E-state index in [1.165, 1.54) is 37.3 Å². The topological polar surface area (TPSA) is 19.4 Å². The maximum absolute atomic E-state index is 4.24. The van der Waals surface area contributed by atoms with Crippen molar-refractivity contribution in [1.29, 1.82) is 0 Å². The zero-order valence-corrected chi connectivity index (χ0v) is 10.3. The van der Waals surface area contributed by atoms with Crippen LogP contribution in [0.1, 0.15) is 18.1 Å². The zero-order chi connectivity index (χ0) is 11.4. The summed E-state index contributed by atoms with van der Waals surface area (Å²) in [6.45, 7) is 7.99. The maximum atomic E-state index is 4.24. The van der Waals surface area contributed by atoms with Crippen LogP contribution in [0, 0.1) is 0 Å². The molecule has 0 aliphatic carbocycles. The Morgan fingerprint density at radius 2 is 1.94 bits per heavy atom. The molecule has 0 saturated carbocycles. The lowest BCUT2D eigenvalue weighted by atomic mass is 10.1. The van der Waals surface area contributed by atoms with Crippen LogP contribution in [0.2, 0.25) is 0 Å². The summed E-state index contributed by atoms with van der Waals surface area (Å²) in [5.41, 5.74) is 2.84. The van der Waals surface area contributed by atoms with Crippen molar-refractivity contribution in [3.8, 4) is 0 Å². The Balaban J connectivity index is 1.98. The van der Waals surface area contributed by atoms with E-state index in [0.717, 1.165) is 13.0 Å². The van der Waals surface area contributed by atoms with E-state index in [0.29, 0.717) is 0 Å². The summed E-state index contributed by atoms with van der Waals surface area (Å²) in [5.74, 6) is 0. The molecule has 0 atom stereocenters. The average Bonchev–Trinajstić information content (AvgIpc) is 2.33. The summed E-state index contributed by atoms with van der Waals surface area (Å²) in [7, 11) is 2.19. The molecule has 1 aliphatic heterocycles. The molecular formula is C13H21N3. The lowest BCUT2D eigenvalue weighted by Gasteiger charge is -2.32. The van der Waals surface area contributed by atoms with Crippen molar-refractivity contribution in [3.05, 3.63) is 29.6 Å². The lowest BCUT2D eigenvalue weighted by Crippen LogP contribution is -2.44. The molecule has 1 aliphatic rings. The highest BCUT2D eigenvalue weighted by Crippen LogP contribution is 2.12. The first-order valence-electron chi connectivity index (χ1n) is 6.12. The van der Waals surface area contributed by atoms with Crippen LogP contribution < -0.4 is 0 Å². The normalized spacial score (nSPS) is 18.9. The molecule has 1 fully saturated rings. The van der Waals surface area contributed by atoms with Gasteiger partial charge in [-0.3, -0.25) is 9.88 Å². The minimum absolute atomic E-state index is 1.06. The molecule has 2 rings (SSSR count). The predicted octanol–water partition coefficient (Wildman–Crippen LogP) is 1.39. The Bertz CT molecular complexity index is 330. The molecule has 0 aromatic carbocycles. The van der Waals surface area contributed by atoms with Gasteiger partial charge in [0.2, 0.25) is 0 Å². The minimum atomic E-state index is 1.06. The summed E-state index contributed by atoms with van der Waals surface area (Å²) in [5, 5.41) is 0. The van der Waals surface area contributed by atoms with Gasteiger partial charge in [-0.25, -0.2) is 0 Å². The van der Waals surface area contributed by atoms with Gasteiger partial charge >= 0.3 is 0 Å². The molecule has 1 aromatic heterocycles. The van der Waals surface area contributed by atoms with Crippen molar-refractivity contribution in [2.75, 3.05) is 33.2 Å². The molecule has 0 N–H and O–H groups in total. The average molecular weight is 219 g/mol. The SMILES string of the molecule is CCc1ccncc1CN1CCN(C)CC1. The fourth-order valence-corrected chi connectivity index (χ4v) is 2.19. The third-order valence-corrected chi connectivity index (χ3v) is 3.38. The number of piperazine rings is 1. The van der Waals surface area contributed by atoms with Gasteiger partial charge in [0, 0.05) is 45.1 Å². The van der Waals surface area contributed by atoms with E-state index in [4.69, 9.17) is 0 Å². The van der Waals surface area contributed by atoms with Crippen molar-refractivity contribution >= 4 is 0 Å². The van der Waals surface area contributed by atoms with E-state index in [2.05, 4.69) is 34.8 Å². The van der Waals surface area contributed by atoms with E-state index >= 15 is 0 Å². The molecule has 16 heavy (non-hydrogen) atoms. The van der Waals surface area contributed by atoms with Crippen LogP contribution in [0.3, 0.4) is 0 Å². The van der Waals surface area contributed by atoms with Crippen molar-refractivity contribution in [2.45, 2.75) is 19.9 Å². The van der Waals surface area contributed by atoms with Gasteiger partial charge in [-0.05, 0) is 30.7 Å². The quantitative estimate of drug-likeness (QED) is 0.766. The monoisotopic (exact) mass is 219 g/mol. The molecule has 0 unspecified atom stereocenters. The minimum Gasteiger partial charge on any atom is -0.304 e. The van der Waals surface area contributed by atoms with Gasteiger partial charge in [0.1, 0.15) is 0 Å². The fourth-order valence-electron chi connectivity index (χ4n) is 2.19. The summed E-state index contributed by atoms with van der Waals surface area (Å²) < 4.78 is 0. The predicted molar refractivity (Wildman–Crippen MR) is 66.4 cm³/mol. The summed E-state index contributed by atoms with van der Waals surface area (Å²) in [6.07, 6.45) is 5.02. The summed E-state index contributed by atoms with van der Waals surface area (Å²) in [6, 6.07) is 2.14. The Kier molecular flexibility index (Phi) is 3.91. The second kappa shape index (κ2) is 5.41. The molecule has 88 valence electrons. The van der Waals surface area contributed by atoms with Crippen LogP contribution in [0.15, 0.2) is 18.5 Å². The van der Waals surface area contributed by atoms with Crippen LogP contribution in [-0.4, -0.2) is 48.0 Å². The van der Waals surface area contributed by atoms with Gasteiger partial charge < -0.3 is 4.90 Å². The number of hydrogen-bond acceptors (Lipinski definition) is 3. The highest BCUT2D eigenvalue weighted by Gasteiger charge is 2.14. The van der Waals surface area contributed by atoms with E-state index in [1.807, 2.05) is 12.4 Å². The van der Waals surface area contributed by atoms with E-state index in [-0.39, 0.29) is 0 Å². The third-order valence-electron chi connectivity index (χ3n) is 3.38. The van der Waals surface area contributed by atoms with Crippen molar-refractivity contribution in [1.82, 2.24) is 14.8 Å². The molecule has 1 saturated heterocycles. The first kappa shape index (κ1) is 11.6. The van der Waals surface area contributed by atoms with Gasteiger partial charge in [-0.15, -0.1) is 0 Å². The number of hydrogen-bond donors (Lipinski definition) is 0. The second-order valence-electron chi connectivity index (χ2n) is 4.58. The first-order valence-corrected chi connectivity index (χ1v) is 6.12. The largest absolute Gasteiger partial charge is 0.304 e. The Morgan fingerprint density at radius 1 is 1.19 bits per heavy atom. The molecule has 2 heterocycles. The van der Waals surface area contributed by atoms with Crippen LogP contribution in [-0.2, 0) is 13.0 Å². The molecule has 1 aromatic rings. The number of nitrogens with zero attached hydrogens (tertiary/aromatic N) is 3. The highest BCUT2D eigenvalue weighted by atomic mass is 15.2. The fraction of sp³-hybridized carbons (Fsp3) is 0.615. The molecule has 3 heteroatoms. The smallest absolute Gasteiger partial charge is 0.0315 e. The van der Waals surface area contributed by atoms with E-state index in [1.54, 1.807) is 0 Å². The molecule has 0 spiro atoms. The van der Waals surface area contributed by atoms with Gasteiger partial charge in [0.05, 0.1) is 0 Å². The van der Waals surface area contributed by atoms with E-state index in [9.17, 15) is 0 Å². The molecule has 3 nitrogen and oxygen atoms in total. The number of aromatic nitrogens is 1. The highest BCUT2D eigenvalue weighted by molar-refractivity contribution is 5.23. The lowest BCUT2D eigenvalue weighted by molar-refractivity contribution is 0.148. The van der Waals surface area contributed by atoms with Crippen molar-refractivity contribution in [2.24, 2.45) is 0 Å². The number of aryl methyl sites for hydroxylation is 1. The zero-order valence-electron chi connectivity index (χ0n) is 10.3. The van der Waals surface area contributed by atoms with Gasteiger partial charge in [-0.2, -0.15) is 0 Å². The third kappa shape index (κ3) is 2.80. The second-order valence-corrected chi connectivity index (χ2v) is 4.58. The first-order chi connectivity index (χ1) is 7.79.